The van der Waals surface area contributed by atoms with Gasteiger partial charge in [0.1, 0.15) is 6.10 Å². The van der Waals surface area contributed by atoms with E-state index in [1.807, 2.05) is 6.92 Å². The lowest BCUT2D eigenvalue weighted by Gasteiger charge is -2.00. The van der Waals surface area contributed by atoms with E-state index in [1.165, 1.54) is 0 Å². The predicted octanol–water partition coefficient (Wildman–Crippen LogP) is 1.76. The van der Waals surface area contributed by atoms with Gasteiger partial charge in [0.25, 0.3) is 0 Å². The van der Waals surface area contributed by atoms with Crippen LogP contribution in [0.4, 0.5) is 0 Å². The van der Waals surface area contributed by atoms with Crippen LogP contribution in [0.5, 0.6) is 0 Å². The Balaban J connectivity index is 2.44. The molecule has 2 unspecified atom stereocenters. The second kappa shape index (κ2) is 3.55. The maximum absolute atomic E-state index is 10.9. The summed E-state index contributed by atoms with van der Waals surface area (Å²) in [7, 11) is 0. The van der Waals surface area contributed by atoms with E-state index in [0.29, 0.717) is 0 Å². The normalized spacial score (nSPS) is 32.4. The highest BCUT2D eigenvalue weighted by Crippen LogP contribution is 2.24. The Kier molecular flexibility index (Phi) is 2.95. The Labute approximate surface area is 74.5 Å². The van der Waals surface area contributed by atoms with E-state index >= 15 is 0 Å². The Hall–Kier alpha value is 0.200. The standard InChI is InChI=1S/C7H11IO2/c1-2-5-3-6(4-8)10-7(5)9/h5-6H,2-4H2,1H3. The average Bonchev–Trinajstić information content (AvgIpc) is 2.30. The van der Waals surface area contributed by atoms with Crippen LogP contribution in [0, 0.1) is 5.92 Å². The van der Waals surface area contributed by atoms with Crippen LogP contribution in [-0.2, 0) is 9.53 Å². The van der Waals surface area contributed by atoms with Gasteiger partial charge >= 0.3 is 5.97 Å². The zero-order chi connectivity index (χ0) is 7.56. The minimum atomic E-state index is 0.00386. The third-order valence-corrected chi connectivity index (χ3v) is 2.81. The fourth-order valence-electron chi connectivity index (χ4n) is 1.15. The number of carbonyl (C=O) groups is 1. The summed E-state index contributed by atoms with van der Waals surface area (Å²) < 4.78 is 6.00. The second-order valence-corrected chi connectivity index (χ2v) is 3.43. The van der Waals surface area contributed by atoms with Gasteiger partial charge in [0.2, 0.25) is 0 Å². The summed E-state index contributed by atoms with van der Waals surface area (Å²) >= 11 is 2.25. The second-order valence-electron chi connectivity index (χ2n) is 2.55. The smallest absolute Gasteiger partial charge is 0.309 e. The van der Waals surface area contributed by atoms with Crippen molar-refractivity contribution in [2.45, 2.75) is 25.9 Å². The van der Waals surface area contributed by atoms with Crippen molar-refractivity contribution >= 4 is 28.6 Å². The highest BCUT2D eigenvalue weighted by molar-refractivity contribution is 14.1. The summed E-state index contributed by atoms with van der Waals surface area (Å²) in [5.41, 5.74) is 0. The highest BCUT2D eigenvalue weighted by atomic mass is 127. The minimum Gasteiger partial charge on any atom is -0.461 e. The third kappa shape index (κ3) is 1.62. The van der Waals surface area contributed by atoms with Gasteiger partial charge in [-0.2, -0.15) is 0 Å². The van der Waals surface area contributed by atoms with Gasteiger partial charge < -0.3 is 4.74 Å². The first-order valence-electron chi connectivity index (χ1n) is 3.54. The van der Waals surface area contributed by atoms with Crippen LogP contribution in [0.1, 0.15) is 19.8 Å². The number of carbonyl (C=O) groups excluding carboxylic acids is 1. The van der Waals surface area contributed by atoms with Gasteiger partial charge in [-0.1, -0.05) is 29.5 Å². The van der Waals surface area contributed by atoms with E-state index in [9.17, 15) is 4.79 Å². The SMILES string of the molecule is CCC1CC(CI)OC1=O. The molecule has 3 heteroatoms. The lowest BCUT2D eigenvalue weighted by molar-refractivity contribution is -0.143. The number of hydrogen-bond donors (Lipinski definition) is 0. The number of alkyl halides is 1. The Bertz CT molecular complexity index is 136. The molecule has 58 valence electrons. The van der Waals surface area contributed by atoms with Gasteiger partial charge in [-0.05, 0) is 12.8 Å². The van der Waals surface area contributed by atoms with E-state index in [-0.39, 0.29) is 18.0 Å². The summed E-state index contributed by atoms with van der Waals surface area (Å²) in [5, 5.41) is 0. The van der Waals surface area contributed by atoms with Crippen molar-refractivity contribution in [1.29, 1.82) is 0 Å². The fourth-order valence-corrected chi connectivity index (χ4v) is 1.69. The third-order valence-electron chi connectivity index (χ3n) is 1.83. The first-order chi connectivity index (χ1) is 4.77. The number of rotatable bonds is 2. The van der Waals surface area contributed by atoms with Crippen molar-refractivity contribution in [2.24, 2.45) is 5.92 Å². The van der Waals surface area contributed by atoms with Crippen molar-refractivity contribution in [3.05, 3.63) is 0 Å². The van der Waals surface area contributed by atoms with E-state index < -0.39 is 0 Å². The topological polar surface area (TPSA) is 26.3 Å². The molecule has 0 bridgehead atoms. The number of halogens is 1. The van der Waals surface area contributed by atoms with Crippen LogP contribution in [0.25, 0.3) is 0 Å². The number of esters is 1. The number of hydrogen-bond acceptors (Lipinski definition) is 2. The summed E-state index contributed by atoms with van der Waals surface area (Å²) in [6.45, 7) is 2.03. The summed E-state index contributed by atoms with van der Waals surface area (Å²) in [6, 6.07) is 0. The molecule has 0 aromatic carbocycles. The molecule has 1 rings (SSSR count). The van der Waals surface area contributed by atoms with Crippen molar-refractivity contribution in [3.8, 4) is 0 Å². The molecule has 0 spiro atoms. The van der Waals surface area contributed by atoms with Gasteiger partial charge in [-0.15, -0.1) is 0 Å². The molecule has 0 saturated carbocycles. The largest absolute Gasteiger partial charge is 0.461 e. The van der Waals surface area contributed by atoms with Crippen molar-refractivity contribution in [3.63, 3.8) is 0 Å². The van der Waals surface area contributed by atoms with E-state index in [0.717, 1.165) is 17.3 Å². The molecule has 0 amide bonds. The lowest BCUT2D eigenvalue weighted by Crippen LogP contribution is -2.07. The van der Waals surface area contributed by atoms with Crippen LogP contribution < -0.4 is 0 Å². The minimum absolute atomic E-state index is 0.00386. The van der Waals surface area contributed by atoms with Crippen LogP contribution >= 0.6 is 22.6 Å². The quantitative estimate of drug-likeness (QED) is 0.426. The van der Waals surface area contributed by atoms with E-state index in [1.54, 1.807) is 0 Å². The molecule has 0 N–H and O–H groups in total. The number of cyclic esters (lactones) is 1. The maximum atomic E-state index is 10.9. The van der Waals surface area contributed by atoms with Gasteiger partial charge in [0.05, 0.1) is 5.92 Å². The first-order valence-corrected chi connectivity index (χ1v) is 5.07. The summed E-state index contributed by atoms with van der Waals surface area (Å²) in [6.07, 6.45) is 2.04. The van der Waals surface area contributed by atoms with Crippen molar-refractivity contribution in [2.75, 3.05) is 4.43 Å². The van der Waals surface area contributed by atoms with Gasteiger partial charge in [-0.3, -0.25) is 4.79 Å². The molecule has 1 aliphatic heterocycles. The van der Waals surface area contributed by atoms with Gasteiger partial charge in [0.15, 0.2) is 0 Å². The molecule has 1 saturated heterocycles. The van der Waals surface area contributed by atoms with E-state index in [4.69, 9.17) is 4.74 Å². The number of ether oxygens (including phenoxy) is 1. The van der Waals surface area contributed by atoms with Crippen LogP contribution in [0.15, 0.2) is 0 Å². The van der Waals surface area contributed by atoms with Crippen LogP contribution in [-0.4, -0.2) is 16.5 Å². The zero-order valence-corrected chi connectivity index (χ0v) is 8.13. The molecule has 2 atom stereocenters. The van der Waals surface area contributed by atoms with Gasteiger partial charge in [-0.25, -0.2) is 0 Å². The molecule has 0 aromatic heterocycles. The molecule has 10 heavy (non-hydrogen) atoms. The first kappa shape index (κ1) is 8.30. The van der Waals surface area contributed by atoms with Crippen LogP contribution in [0.3, 0.4) is 0 Å². The maximum Gasteiger partial charge on any atom is 0.309 e. The fraction of sp³-hybridized carbons (Fsp3) is 0.857. The molecule has 1 heterocycles. The summed E-state index contributed by atoms with van der Waals surface area (Å²) in [4.78, 5) is 10.9. The molecular formula is C7H11IO2. The van der Waals surface area contributed by atoms with Gasteiger partial charge in [0, 0.05) is 4.43 Å². The van der Waals surface area contributed by atoms with Crippen LogP contribution in [0.2, 0.25) is 0 Å². The summed E-state index contributed by atoms with van der Waals surface area (Å²) in [5.74, 6) is 0.184. The molecule has 0 aromatic rings. The van der Waals surface area contributed by atoms with E-state index in [2.05, 4.69) is 22.6 Å². The Morgan fingerprint density at radius 2 is 2.50 bits per heavy atom. The predicted molar refractivity (Wildman–Crippen MR) is 47.2 cm³/mol. The molecule has 1 aliphatic rings. The van der Waals surface area contributed by atoms with Crippen molar-refractivity contribution < 1.29 is 9.53 Å². The zero-order valence-electron chi connectivity index (χ0n) is 5.97. The lowest BCUT2D eigenvalue weighted by atomic mass is 10.0. The molecule has 1 fully saturated rings. The monoisotopic (exact) mass is 254 g/mol. The molecular weight excluding hydrogens is 243 g/mol. The molecule has 0 radical (unpaired) electrons. The average molecular weight is 254 g/mol. The highest BCUT2D eigenvalue weighted by Gasteiger charge is 2.31. The Morgan fingerprint density at radius 1 is 1.80 bits per heavy atom. The molecule has 2 nitrogen and oxygen atoms in total. The Morgan fingerprint density at radius 3 is 2.80 bits per heavy atom. The molecule has 0 aliphatic carbocycles. The van der Waals surface area contributed by atoms with Crippen molar-refractivity contribution in [1.82, 2.24) is 0 Å².